The summed E-state index contributed by atoms with van der Waals surface area (Å²) in [4.78, 5) is 29.0. The van der Waals surface area contributed by atoms with Gasteiger partial charge in [0.1, 0.15) is 5.71 Å². The number of carbonyl (C=O) groups excluding carboxylic acids is 1. The quantitative estimate of drug-likeness (QED) is 0.301. The van der Waals surface area contributed by atoms with Gasteiger partial charge in [-0.05, 0) is 25.0 Å². The van der Waals surface area contributed by atoms with Gasteiger partial charge in [0.25, 0.3) is 11.8 Å². The molecule has 0 N–H and O–H groups in total. The van der Waals surface area contributed by atoms with Gasteiger partial charge >= 0.3 is 10.1 Å². The number of hydrogen-bond donors (Lipinski definition) is 0. The van der Waals surface area contributed by atoms with Gasteiger partial charge in [0.2, 0.25) is 0 Å². The Morgan fingerprint density at radius 2 is 2.00 bits per heavy atom. The summed E-state index contributed by atoms with van der Waals surface area (Å²) >= 11 is 13.9. The normalized spacial score (nSPS) is 17.6. The maximum Gasteiger partial charge on any atom is 0.306 e. The highest BCUT2D eigenvalue weighted by Gasteiger charge is 2.32. The van der Waals surface area contributed by atoms with E-state index in [2.05, 4.69) is 10.1 Å². The maximum atomic E-state index is 12.8. The summed E-state index contributed by atoms with van der Waals surface area (Å²) in [5, 5.41) is 7.81. The summed E-state index contributed by atoms with van der Waals surface area (Å²) in [5.41, 5.74) is 1.75. The number of ether oxygens (including phenoxy) is 2. The van der Waals surface area contributed by atoms with Crippen LogP contribution in [0.15, 0.2) is 41.0 Å². The van der Waals surface area contributed by atoms with Crippen molar-refractivity contribution in [2.45, 2.75) is 31.3 Å². The molecule has 218 valence electrons. The molecule has 5 rings (SSSR count). The van der Waals surface area contributed by atoms with E-state index in [4.69, 9.17) is 46.7 Å². The number of amides is 1. The Morgan fingerprint density at radius 3 is 2.73 bits per heavy atom. The van der Waals surface area contributed by atoms with Crippen LogP contribution in [0.5, 0.6) is 17.4 Å². The highest BCUT2D eigenvalue weighted by molar-refractivity contribution is 7.86. The smallest absolute Gasteiger partial charge is 0.306 e. The minimum absolute atomic E-state index is 0.107. The lowest BCUT2D eigenvalue weighted by Gasteiger charge is -2.31. The summed E-state index contributed by atoms with van der Waals surface area (Å²) in [6.45, 7) is 1.01. The van der Waals surface area contributed by atoms with Crippen LogP contribution >= 0.6 is 34.5 Å². The van der Waals surface area contributed by atoms with E-state index in [9.17, 15) is 13.2 Å². The first-order valence-corrected chi connectivity index (χ1v) is 16.0. The second-order valence-corrected chi connectivity index (χ2v) is 12.8. The molecule has 1 fully saturated rings. The summed E-state index contributed by atoms with van der Waals surface area (Å²) in [6.07, 6.45) is 3.68. The van der Waals surface area contributed by atoms with Crippen LogP contribution in [0.25, 0.3) is 0 Å². The average Bonchev–Trinajstić information content (AvgIpc) is 3.61. The molecule has 11 nitrogen and oxygen atoms in total. The minimum atomic E-state index is -3.76. The van der Waals surface area contributed by atoms with Crippen molar-refractivity contribution in [2.75, 3.05) is 33.1 Å². The number of halogens is 2. The Morgan fingerprint density at radius 1 is 1.22 bits per heavy atom. The first-order valence-electron chi connectivity index (χ1n) is 12.6. The van der Waals surface area contributed by atoms with E-state index in [0.717, 1.165) is 24.1 Å². The topological polar surface area (TPSA) is 130 Å². The Labute approximate surface area is 251 Å². The molecule has 0 spiro atoms. The third kappa shape index (κ3) is 7.03. The van der Waals surface area contributed by atoms with Gasteiger partial charge in [0.15, 0.2) is 24.2 Å². The zero-order chi connectivity index (χ0) is 29.1. The number of carbonyl (C=O) groups is 1. The van der Waals surface area contributed by atoms with Crippen LogP contribution in [0.1, 0.15) is 47.5 Å². The summed E-state index contributed by atoms with van der Waals surface area (Å²) < 4.78 is 39.4. The van der Waals surface area contributed by atoms with Crippen molar-refractivity contribution in [1.82, 2.24) is 14.9 Å². The average molecular weight is 642 g/mol. The van der Waals surface area contributed by atoms with Crippen LogP contribution in [-0.2, 0) is 19.8 Å². The van der Waals surface area contributed by atoms with Gasteiger partial charge in [0, 0.05) is 43.1 Å². The third-order valence-electron chi connectivity index (χ3n) is 6.59. The van der Waals surface area contributed by atoms with Gasteiger partial charge in [0.05, 0.1) is 39.7 Å². The van der Waals surface area contributed by atoms with Crippen molar-refractivity contribution >= 4 is 56.3 Å². The van der Waals surface area contributed by atoms with E-state index >= 15 is 0 Å². The Hall–Kier alpha value is -3.13. The number of oxime groups is 1. The number of rotatable bonds is 9. The molecule has 0 saturated carbocycles. The number of methoxy groups -OCH3 is 1. The van der Waals surface area contributed by atoms with Crippen molar-refractivity contribution in [1.29, 1.82) is 0 Å². The molecule has 15 heteroatoms. The van der Waals surface area contributed by atoms with E-state index in [0.29, 0.717) is 52.3 Å². The first kappa shape index (κ1) is 29.4. The molecule has 2 aliphatic rings. The van der Waals surface area contributed by atoms with E-state index in [-0.39, 0.29) is 30.1 Å². The molecular formula is C26H26Cl2N4O7S2. The van der Waals surface area contributed by atoms with Gasteiger partial charge in [-0.1, -0.05) is 34.4 Å². The molecule has 2 aliphatic heterocycles. The molecule has 41 heavy (non-hydrogen) atoms. The van der Waals surface area contributed by atoms with Gasteiger partial charge in [-0.3, -0.25) is 4.79 Å². The molecule has 0 radical (unpaired) electrons. The highest BCUT2D eigenvalue weighted by Crippen LogP contribution is 2.40. The largest absolute Gasteiger partial charge is 0.478 e. The van der Waals surface area contributed by atoms with Crippen LogP contribution in [0.3, 0.4) is 0 Å². The predicted molar refractivity (Wildman–Crippen MR) is 154 cm³/mol. The van der Waals surface area contributed by atoms with E-state index in [1.807, 2.05) is 5.38 Å². The third-order valence-corrected chi connectivity index (χ3v) is 8.61. The van der Waals surface area contributed by atoms with Crippen LogP contribution in [0.2, 0.25) is 10.0 Å². The molecule has 0 aliphatic carbocycles. The summed E-state index contributed by atoms with van der Waals surface area (Å²) in [7, 11) is -2.29. The molecule has 0 bridgehead atoms. The number of piperidine rings is 1. The van der Waals surface area contributed by atoms with Crippen molar-refractivity contribution in [3.8, 4) is 17.4 Å². The van der Waals surface area contributed by atoms with Crippen LogP contribution in [0, 0.1) is 0 Å². The number of pyridine rings is 1. The van der Waals surface area contributed by atoms with Crippen molar-refractivity contribution in [2.24, 2.45) is 5.16 Å². The molecule has 3 aromatic rings. The fraction of sp³-hybridized carbons (Fsp3) is 0.385. The molecule has 4 heterocycles. The Balaban J connectivity index is 1.16. The van der Waals surface area contributed by atoms with Crippen LogP contribution in [0.4, 0.5) is 0 Å². The minimum Gasteiger partial charge on any atom is -0.478 e. The van der Waals surface area contributed by atoms with Gasteiger partial charge in [-0.15, -0.1) is 11.3 Å². The molecule has 1 amide bonds. The lowest BCUT2D eigenvalue weighted by atomic mass is 9.97. The predicted octanol–water partition coefficient (Wildman–Crippen LogP) is 4.84. The number of hydrogen-bond acceptors (Lipinski definition) is 11. The molecule has 2 aromatic heterocycles. The molecule has 1 saturated heterocycles. The second kappa shape index (κ2) is 12.4. The van der Waals surface area contributed by atoms with Gasteiger partial charge in [-0.25, -0.2) is 9.97 Å². The lowest BCUT2D eigenvalue weighted by molar-refractivity contribution is -0.134. The molecule has 1 unspecified atom stereocenters. The number of benzene rings is 1. The van der Waals surface area contributed by atoms with Crippen molar-refractivity contribution in [3.63, 3.8) is 0 Å². The SMILES string of the molecule is COc1ncc(Cl)cc1OCC(=O)N1CCC(c2nc(C3=NOC(c4c(Cl)cccc4OS(C)(=O)=O)C3)cs2)CC1. The van der Waals surface area contributed by atoms with E-state index in [1.165, 1.54) is 30.7 Å². The fourth-order valence-corrected chi connectivity index (χ4v) is 6.54. The standard InChI is InChI=1S/C26H26Cl2N4O7S2/c1-36-25-22(10-16(27)12-29-25)37-13-23(33)32-8-6-15(7-9-32)26-30-19(14-40-26)18-11-21(38-31-18)24-17(28)4-3-5-20(24)39-41(2,34)35/h3-5,10,12,14-15,21H,6-9,11,13H2,1-2H3. The Bertz CT molecular complexity index is 1570. The van der Waals surface area contributed by atoms with E-state index < -0.39 is 16.2 Å². The highest BCUT2D eigenvalue weighted by atomic mass is 35.5. The van der Waals surface area contributed by atoms with Gasteiger partial charge in [-0.2, -0.15) is 8.42 Å². The van der Waals surface area contributed by atoms with E-state index in [1.54, 1.807) is 23.1 Å². The maximum absolute atomic E-state index is 12.8. The molecular weight excluding hydrogens is 615 g/mol. The number of likely N-dealkylation sites (tertiary alicyclic amines) is 1. The first-order chi connectivity index (χ1) is 19.6. The zero-order valence-corrected chi connectivity index (χ0v) is 25.2. The lowest BCUT2D eigenvalue weighted by Crippen LogP contribution is -2.40. The Kier molecular flexibility index (Phi) is 8.88. The monoisotopic (exact) mass is 640 g/mol. The fourth-order valence-electron chi connectivity index (χ4n) is 4.63. The number of thiazole rings is 1. The zero-order valence-electron chi connectivity index (χ0n) is 22.1. The van der Waals surface area contributed by atoms with Crippen molar-refractivity contribution < 1.29 is 31.7 Å². The summed E-state index contributed by atoms with van der Waals surface area (Å²) in [5.74, 6) is 0.753. The molecule has 1 aromatic carbocycles. The van der Waals surface area contributed by atoms with Gasteiger partial charge < -0.3 is 23.4 Å². The summed E-state index contributed by atoms with van der Waals surface area (Å²) in [6, 6.07) is 6.34. The number of nitrogens with zero attached hydrogens (tertiary/aromatic N) is 4. The number of aromatic nitrogens is 2. The second-order valence-electron chi connectivity index (χ2n) is 9.45. The van der Waals surface area contributed by atoms with Crippen molar-refractivity contribution in [3.05, 3.63) is 62.2 Å². The van der Waals surface area contributed by atoms with Crippen LogP contribution in [-0.4, -0.2) is 68.0 Å². The molecule has 1 atom stereocenters. The van der Waals surface area contributed by atoms with Crippen LogP contribution < -0.4 is 13.7 Å².